The number of nitrogens with one attached hydrogen (secondary N) is 1. The zero-order chi connectivity index (χ0) is 19.2. The molecule has 8 nitrogen and oxygen atoms in total. The van der Waals surface area contributed by atoms with Crippen molar-refractivity contribution in [2.75, 3.05) is 45.8 Å². The second kappa shape index (κ2) is 8.72. The molecular formula is C18H22FN5O3. The maximum absolute atomic E-state index is 13.9. The summed E-state index contributed by atoms with van der Waals surface area (Å²) in [5.74, 6) is 0.332. The van der Waals surface area contributed by atoms with Crippen molar-refractivity contribution in [1.82, 2.24) is 20.1 Å². The number of ether oxygens (including phenoxy) is 2. The summed E-state index contributed by atoms with van der Waals surface area (Å²) in [6, 6.07) is 4.59. The van der Waals surface area contributed by atoms with Gasteiger partial charge >= 0.3 is 0 Å². The number of likely N-dealkylation sites (tertiary alicyclic amines) is 1. The topological polar surface area (TPSA) is 89.5 Å². The van der Waals surface area contributed by atoms with Crippen LogP contribution in [0.5, 0.6) is 5.75 Å². The van der Waals surface area contributed by atoms with Gasteiger partial charge in [-0.05, 0) is 18.2 Å². The first-order valence-corrected chi connectivity index (χ1v) is 8.65. The molecule has 1 atom stereocenters. The van der Waals surface area contributed by atoms with Gasteiger partial charge in [0.25, 0.3) is 0 Å². The molecule has 1 aliphatic rings. The van der Waals surface area contributed by atoms with Gasteiger partial charge in [-0.25, -0.2) is 9.37 Å². The van der Waals surface area contributed by atoms with Gasteiger partial charge in [0.15, 0.2) is 11.6 Å². The maximum Gasteiger partial charge on any atom is 0.243 e. The van der Waals surface area contributed by atoms with Gasteiger partial charge in [0.1, 0.15) is 0 Å². The molecule has 9 heteroatoms. The van der Waals surface area contributed by atoms with Crippen LogP contribution in [0.3, 0.4) is 0 Å². The quantitative estimate of drug-likeness (QED) is 0.749. The Morgan fingerprint density at radius 3 is 2.96 bits per heavy atom. The monoisotopic (exact) mass is 375 g/mol. The smallest absolute Gasteiger partial charge is 0.243 e. The summed E-state index contributed by atoms with van der Waals surface area (Å²) in [5.41, 5.74) is 1.08. The molecule has 0 aliphatic carbocycles. The van der Waals surface area contributed by atoms with Crippen molar-refractivity contribution in [3.63, 3.8) is 0 Å². The lowest BCUT2D eigenvalue weighted by Crippen LogP contribution is -2.29. The highest BCUT2D eigenvalue weighted by molar-refractivity contribution is 5.78. The highest BCUT2D eigenvalue weighted by Crippen LogP contribution is 2.24. The molecule has 1 aromatic heterocycles. The molecule has 1 aromatic carbocycles. The standard InChI is InChI=1S/C18H22FN5O3/c1-26-6-5-24-11-12(7-17(24)25)9-20-18-22-15(10-21-23-18)13-3-4-16(27-2)14(19)8-13/h3-4,8,10,12H,5-7,9,11H2,1-2H3,(H,20,22,23). The van der Waals surface area contributed by atoms with Crippen molar-refractivity contribution < 1.29 is 18.7 Å². The summed E-state index contributed by atoms with van der Waals surface area (Å²) >= 11 is 0. The molecule has 2 heterocycles. The van der Waals surface area contributed by atoms with Crippen molar-refractivity contribution >= 4 is 11.9 Å². The second-order valence-corrected chi connectivity index (χ2v) is 6.30. The van der Waals surface area contributed by atoms with E-state index in [4.69, 9.17) is 9.47 Å². The van der Waals surface area contributed by atoms with Crippen molar-refractivity contribution in [1.29, 1.82) is 0 Å². The van der Waals surface area contributed by atoms with Gasteiger partial charge in [-0.2, -0.15) is 5.10 Å². The van der Waals surface area contributed by atoms with Gasteiger partial charge < -0.3 is 19.7 Å². The Labute approximate surface area is 156 Å². The third kappa shape index (κ3) is 4.68. The Bertz CT molecular complexity index is 804. The highest BCUT2D eigenvalue weighted by atomic mass is 19.1. The maximum atomic E-state index is 13.9. The minimum Gasteiger partial charge on any atom is -0.494 e. The predicted molar refractivity (Wildman–Crippen MR) is 96.8 cm³/mol. The van der Waals surface area contributed by atoms with Crippen LogP contribution in [0, 0.1) is 11.7 Å². The van der Waals surface area contributed by atoms with E-state index in [1.54, 1.807) is 24.1 Å². The molecular weight excluding hydrogens is 353 g/mol. The number of nitrogens with zero attached hydrogens (tertiary/aromatic N) is 4. The molecule has 1 fully saturated rings. The van der Waals surface area contributed by atoms with E-state index in [1.165, 1.54) is 19.4 Å². The summed E-state index contributed by atoms with van der Waals surface area (Å²) < 4.78 is 23.8. The molecule has 1 N–H and O–H groups in total. The molecule has 27 heavy (non-hydrogen) atoms. The van der Waals surface area contributed by atoms with Crippen LogP contribution in [-0.2, 0) is 9.53 Å². The van der Waals surface area contributed by atoms with Crippen molar-refractivity contribution in [2.45, 2.75) is 6.42 Å². The summed E-state index contributed by atoms with van der Waals surface area (Å²) in [7, 11) is 3.03. The van der Waals surface area contributed by atoms with E-state index in [-0.39, 0.29) is 17.6 Å². The zero-order valence-electron chi connectivity index (χ0n) is 15.3. The van der Waals surface area contributed by atoms with Crippen molar-refractivity contribution in [3.05, 3.63) is 30.2 Å². The minimum atomic E-state index is -0.469. The number of hydrogen-bond acceptors (Lipinski definition) is 7. The van der Waals surface area contributed by atoms with E-state index in [0.29, 0.717) is 49.9 Å². The van der Waals surface area contributed by atoms with Gasteiger partial charge in [0.05, 0.1) is 25.6 Å². The molecule has 1 aliphatic heterocycles. The van der Waals surface area contributed by atoms with Crippen LogP contribution in [0.4, 0.5) is 10.3 Å². The van der Waals surface area contributed by atoms with Gasteiger partial charge in [0, 0.05) is 44.6 Å². The summed E-state index contributed by atoms with van der Waals surface area (Å²) in [4.78, 5) is 18.2. The highest BCUT2D eigenvalue weighted by Gasteiger charge is 2.29. The summed E-state index contributed by atoms with van der Waals surface area (Å²) in [5, 5.41) is 11.0. The lowest BCUT2D eigenvalue weighted by molar-refractivity contribution is -0.128. The minimum absolute atomic E-state index is 0.125. The third-order valence-corrected chi connectivity index (χ3v) is 4.42. The fourth-order valence-corrected chi connectivity index (χ4v) is 2.99. The van der Waals surface area contributed by atoms with E-state index in [1.807, 2.05) is 0 Å². The number of halogens is 1. The Morgan fingerprint density at radius 2 is 2.22 bits per heavy atom. The number of carbonyl (C=O) groups excluding carboxylic acids is 1. The molecule has 144 valence electrons. The molecule has 0 radical (unpaired) electrons. The van der Waals surface area contributed by atoms with Crippen LogP contribution in [0.1, 0.15) is 6.42 Å². The van der Waals surface area contributed by atoms with E-state index in [0.717, 1.165) is 0 Å². The van der Waals surface area contributed by atoms with Crippen LogP contribution in [0.25, 0.3) is 11.3 Å². The molecule has 1 saturated heterocycles. The van der Waals surface area contributed by atoms with Gasteiger partial charge in [-0.15, -0.1) is 5.10 Å². The van der Waals surface area contributed by atoms with Crippen molar-refractivity contribution in [2.24, 2.45) is 5.92 Å². The Morgan fingerprint density at radius 1 is 1.37 bits per heavy atom. The number of amides is 1. The SMILES string of the molecule is COCCN1CC(CNc2nncc(-c3ccc(OC)c(F)c3)n2)CC1=O. The largest absolute Gasteiger partial charge is 0.494 e. The number of carbonyl (C=O) groups is 1. The van der Waals surface area contributed by atoms with Crippen LogP contribution in [-0.4, -0.2) is 66.4 Å². The summed E-state index contributed by atoms with van der Waals surface area (Å²) in [6.45, 7) is 2.35. The van der Waals surface area contributed by atoms with E-state index in [2.05, 4.69) is 20.5 Å². The lowest BCUT2D eigenvalue weighted by Gasteiger charge is -2.16. The molecule has 2 aromatic rings. The number of aromatic nitrogens is 3. The normalized spacial score (nSPS) is 16.6. The molecule has 0 bridgehead atoms. The Hall–Kier alpha value is -2.81. The zero-order valence-corrected chi connectivity index (χ0v) is 15.3. The second-order valence-electron chi connectivity index (χ2n) is 6.30. The lowest BCUT2D eigenvalue weighted by atomic mass is 10.1. The Kier molecular flexibility index (Phi) is 6.12. The molecule has 0 saturated carbocycles. The molecule has 1 amide bonds. The van der Waals surface area contributed by atoms with Crippen LogP contribution in [0.15, 0.2) is 24.4 Å². The van der Waals surface area contributed by atoms with Crippen LogP contribution in [0.2, 0.25) is 0 Å². The van der Waals surface area contributed by atoms with Crippen LogP contribution < -0.4 is 10.1 Å². The number of anilines is 1. The number of rotatable bonds is 8. The van der Waals surface area contributed by atoms with Gasteiger partial charge in [-0.3, -0.25) is 4.79 Å². The number of methoxy groups -OCH3 is 2. The molecule has 1 unspecified atom stereocenters. The predicted octanol–water partition coefficient (Wildman–Crippen LogP) is 1.59. The average molecular weight is 375 g/mol. The van der Waals surface area contributed by atoms with Crippen molar-refractivity contribution in [3.8, 4) is 17.0 Å². The number of hydrogen-bond donors (Lipinski definition) is 1. The number of benzene rings is 1. The first kappa shape index (κ1) is 19.0. The average Bonchev–Trinajstić information content (AvgIpc) is 3.04. The Balaban J connectivity index is 1.61. The van der Waals surface area contributed by atoms with Gasteiger partial charge in [-0.1, -0.05) is 0 Å². The van der Waals surface area contributed by atoms with E-state index in [9.17, 15) is 9.18 Å². The van der Waals surface area contributed by atoms with E-state index >= 15 is 0 Å². The third-order valence-electron chi connectivity index (χ3n) is 4.42. The molecule has 0 spiro atoms. The van der Waals surface area contributed by atoms with E-state index < -0.39 is 5.82 Å². The fourth-order valence-electron chi connectivity index (χ4n) is 2.99. The van der Waals surface area contributed by atoms with Crippen LogP contribution >= 0.6 is 0 Å². The fraction of sp³-hybridized carbons (Fsp3) is 0.444. The summed E-state index contributed by atoms with van der Waals surface area (Å²) in [6.07, 6.45) is 1.95. The van der Waals surface area contributed by atoms with Gasteiger partial charge in [0.2, 0.25) is 11.9 Å². The molecule has 3 rings (SSSR count). The first-order chi connectivity index (χ1) is 13.1. The first-order valence-electron chi connectivity index (χ1n) is 8.65.